The molecule has 0 N–H and O–H groups in total. The third kappa shape index (κ3) is 2.86. The van der Waals surface area contributed by atoms with Crippen LogP contribution in [0, 0.1) is 0 Å². The van der Waals surface area contributed by atoms with E-state index in [1.807, 2.05) is 23.1 Å². The molecule has 21 heavy (non-hydrogen) atoms. The Morgan fingerprint density at radius 2 is 2.14 bits per heavy atom. The molecule has 2 aliphatic heterocycles. The van der Waals surface area contributed by atoms with E-state index < -0.39 is 0 Å². The number of aromatic nitrogens is 1. The highest BCUT2D eigenvalue weighted by Gasteiger charge is 2.33. The summed E-state index contributed by atoms with van der Waals surface area (Å²) in [4.78, 5) is 19.1. The summed E-state index contributed by atoms with van der Waals surface area (Å²) in [6.07, 6.45) is 4.84. The number of nitrogens with zero attached hydrogens (tertiary/aromatic N) is 2. The van der Waals surface area contributed by atoms with E-state index >= 15 is 0 Å². The van der Waals surface area contributed by atoms with Gasteiger partial charge in [-0.05, 0) is 38.3 Å². The molecular weight excluding hydrogens is 268 g/mol. The Bertz CT molecular complexity index is 542. The van der Waals surface area contributed by atoms with Crippen LogP contribution in [0.2, 0.25) is 0 Å². The number of ether oxygens (including phenoxy) is 2. The number of hydrogen-bond acceptors (Lipinski definition) is 4. The van der Waals surface area contributed by atoms with Crippen LogP contribution < -0.4 is 0 Å². The molecule has 5 nitrogen and oxygen atoms in total. The molecule has 1 saturated heterocycles. The van der Waals surface area contributed by atoms with Crippen molar-refractivity contribution in [3.05, 3.63) is 41.6 Å². The van der Waals surface area contributed by atoms with Crippen LogP contribution in [-0.2, 0) is 14.3 Å². The van der Waals surface area contributed by atoms with E-state index in [9.17, 15) is 4.79 Å². The maximum Gasteiger partial charge on any atom is 0.293 e. The minimum absolute atomic E-state index is 0.0262. The molecule has 112 valence electrons. The zero-order chi connectivity index (χ0) is 14.7. The number of pyridine rings is 1. The lowest BCUT2D eigenvalue weighted by molar-refractivity contribution is -0.136. The molecule has 1 atom stereocenters. The van der Waals surface area contributed by atoms with Crippen molar-refractivity contribution < 1.29 is 14.3 Å². The second-order valence-corrected chi connectivity index (χ2v) is 5.35. The maximum atomic E-state index is 12.8. The van der Waals surface area contributed by atoms with Gasteiger partial charge in [-0.25, -0.2) is 0 Å². The third-order valence-electron chi connectivity index (χ3n) is 3.96. The van der Waals surface area contributed by atoms with Gasteiger partial charge in [0.2, 0.25) is 5.76 Å². The molecule has 3 heterocycles. The lowest BCUT2D eigenvalue weighted by Gasteiger charge is -2.36. The first-order valence-corrected chi connectivity index (χ1v) is 7.46. The molecular formula is C16H20N2O3. The number of amides is 1. The number of piperidine rings is 1. The first-order chi connectivity index (χ1) is 10.3. The van der Waals surface area contributed by atoms with E-state index in [2.05, 4.69) is 4.98 Å². The summed E-state index contributed by atoms with van der Waals surface area (Å²) in [5.74, 6) is 0.850. The van der Waals surface area contributed by atoms with Crippen molar-refractivity contribution in [3.63, 3.8) is 0 Å². The van der Waals surface area contributed by atoms with Gasteiger partial charge in [-0.2, -0.15) is 0 Å². The van der Waals surface area contributed by atoms with Gasteiger partial charge in [0, 0.05) is 12.7 Å². The van der Waals surface area contributed by atoms with Crippen LogP contribution in [0.15, 0.2) is 35.9 Å². The smallest absolute Gasteiger partial charge is 0.293 e. The number of likely N-dealkylation sites (tertiary alicyclic amines) is 1. The van der Waals surface area contributed by atoms with Crippen molar-refractivity contribution in [2.75, 3.05) is 19.8 Å². The van der Waals surface area contributed by atoms with E-state index in [1.54, 1.807) is 13.1 Å². The van der Waals surface area contributed by atoms with Crippen molar-refractivity contribution in [3.8, 4) is 0 Å². The largest absolute Gasteiger partial charge is 0.491 e. The highest BCUT2D eigenvalue weighted by atomic mass is 16.6. The van der Waals surface area contributed by atoms with Crippen molar-refractivity contribution >= 4 is 5.91 Å². The molecule has 0 saturated carbocycles. The Kier molecular flexibility index (Phi) is 4.08. The monoisotopic (exact) mass is 288 g/mol. The van der Waals surface area contributed by atoms with E-state index in [-0.39, 0.29) is 11.9 Å². The first-order valence-electron chi connectivity index (χ1n) is 7.46. The second-order valence-electron chi connectivity index (χ2n) is 5.35. The fourth-order valence-corrected chi connectivity index (χ4v) is 2.90. The summed E-state index contributed by atoms with van der Waals surface area (Å²) in [7, 11) is 0. The van der Waals surface area contributed by atoms with Crippen molar-refractivity contribution in [2.45, 2.75) is 32.2 Å². The fraction of sp³-hybridized carbons (Fsp3) is 0.500. The van der Waals surface area contributed by atoms with Gasteiger partial charge < -0.3 is 14.4 Å². The molecule has 5 heteroatoms. The predicted molar refractivity (Wildman–Crippen MR) is 77.1 cm³/mol. The van der Waals surface area contributed by atoms with Gasteiger partial charge in [0.15, 0.2) is 0 Å². The van der Waals surface area contributed by atoms with Gasteiger partial charge >= 0.3 is 0 Å². The quantitative estimate of drug-likeness (QED) is 0.838. The van der Waals surface area contributed by atoms with Gasteiger partial charge in [0.1, 0.15) is 19.0 Å². The van der Waals surface area contributed by atoms with Crippen molar-refractivity contribution in [2.24, 2.45) is 0 Å². The maximum absolute atomic E-state index is 12.8. The lowest BCUT2D eigenvalue weighted by Crippen LogP contribution is -2.41. The van der Waals surface area contributed by atoms with Crippen molar-refractivity contribution in [1.29, 1.82) is 0 Å². The molecule has 2 aliphatic rings. The van der Waals surface area contributed by atoms with Crippen LogP contribution in [0.5, 0.6) is 0 Å². The Morgan fingerprint density at radius 1 is 1.29 bits per heavy atom. The number of carbonyl (C=O) groups is 1. The number of carbonyl (C=O) groups excluding carboxylic acids is 1. The molecule has 1 aromatic heterocycles. The van der Waals surface area contributed by atoms with E-state index in [0.717, 1.165) is 31.5 Å². The highest BCUT2D eigenvalue weighted by molar-refractivity contribution is 5.92. The van der Waals surface area contributed by atoms with Gasteiger partial charge in [0.05, 0.1) is 11.7 Å². The van der Waals surface area contributed by atoms with Crippen LogP contribution >= 0.6 is 0 Å². The zero-order valence-corrected chi connectivity index (χ0v) is 12.2. The summed E-state index contributed by atoms with van der Waals surface area (Å²) in [5.41, 5.74) is 0.945. The molecule has 1 amide bonds. The molecule has 1 unspecified atom stereocenters. The van der Waals surface area contributed by atoms with Gasteiger partial charge in [-0.15, -0.1) is 0 Å². The SMILES string of the molecule is CC1=C(C(=O)N2CCCCC2c2ccccn2)OCCO1. The lowest BCUT2D eigenvalue weighted by atomic mass is 9.98. The van der Waals surface area contributed by atoms with E-state index in [1.165, 1.54) is 0 Å². The number of hydrogen-bond donors (Lipinski definition) is 0. The fourth-order valence-electron chi connectivity index (χ4n) is 2.90. The van der Waals surface area contributed by atoms with Gasteiger partial charge in [0.25, 0.3) is 5.91 Å². The van der Waals surface area contributed by atoms with Crippen LogP contribution in [0.4, 0.5) is 0 Å². The Hall–Kier alpha value is -2.04. The van der Waals surface area contributed by atoms with Crippen LogP contribution in [0.1, 0.15) is 37.9 Å². The van der Waals surface area contributed by atoms with Crippen LogP contribution in [0.25, 0.3) is 0 Å². The standard InChI is InChI=1S/C16H20N2O3/c1-12-15(21-11-10-20-12)16(19)18-9-5-3-7-14(18)13-6-2-4-8-17-13/h2,4,6,8,14H,3,5,7,9-11H2,1H3. The number of allylic oxidation sites excluding steroid dienone is 1. The van der Waals surface area contributed by atoms with Gasteiger partial charge in [-0.3, -0.25) is 9.78 Å². The zero-order valence-electron chi connectivity index (χ0n) is 12.2. The van der Waals surface area contributed by atoms with Crippen LogP contribution in [0.3, 0.4) is 0 Å². The van der Waals surface area contributed by atoms with Crippen LogP contribution in [-0.4, -0.2) is 35.5 Å². The molecule has 0 spiro atoms. The molecule has 3 rings (SSSR count). The molecule has 1 fully saturated rings. The summed E-state index contributed by atoms with van der Waals surface area (Å²) in [6, 6.07) is 5.86. The molecule has 0 bridgehead atoms. The average Bonchev–Trinajstić information content (AvgIpc) is 2.55. The molecule has 0 radical (unpaired) electrons. The predicted octanol–water partition coefficient (Wildman–Crippen LogP) is 2.41. The molecule has 0 aromatic carbocycles. The number of rotatable bonds is 2. The Morgan fingerprint density at radius 3 is 2.90 bits per heavy atom. The van der Waals surface area contributed by atoms with Gasteiger partial charge in [-0.1, -0.05) is 6.07 Å². The van der Waals surface area contributed by atoms with E-state index in [0.29, 0.717) is 24.7 Å². The Labute approximate surface area is 124 Å². The second kappa shape index (κ2) is 6.16. The molecule has 1 aromatic rings. The summed E-state index contributed by atoms with van der Waals surface area (Å²) in [5, 5.41) is 0. The summed E-state index contributed by atoms with van der Waals surface area (Å²) >= 11 is 0. The summed E-state index contributed by atoms with van der Waals surface area (Å²) in [6.45, 7) is 3.46. The third-order valence-corrected chi connectivity index (χ3v) is 3.96. The summed E-state index contributed by atoms with van der Waals surface area (Å²) < 4.78 is 11.0. The minimum Gasteiger partial charge on any atom is -0.491 e. The normalized spacial score (nSPS) is 22.5. The van der Waals surface area contributed by atoms with E-state index in [4.69, 9.17) is 9.47 Å². The first kappa shape index (κ1) is 13.9. The highest BCUT2D eigenvalue weighted by Crippen LogP contribution is 2.31. The average molecular weight is 288 g/mol. The molecule has 0 aliphatic carbocycles. The Balaban J connectivity index is 1.86. The topological polar surface area (TPSA) is 51.7 Å². The minimum atomic E-state index is -0.0810. The van der Waals surface area contributed by atoms with Crippen molar-refractivity contribution in [1.82, 2.24) is 9.88 Å².